The fourth-order valence-corrected chi connectivity index (χ4v) is 5.21. The predicted molar refractivity (Wildman–Crippen MR) is 149 cm³/mol. The number of aromatic nitrogens is 4. The molecule has 0 saturated carbocycles. The van der Waals surface area contributed by atoms with E-state index >= 15 is 0 Å². The van der Waals surface area contributed by atoms with Crippen LogP contribution < -0.4 is 21.6 Å². The average molecular weight is 543 g/mol. The lowest BCUT2D eigenvalue weighted by atomic mass is 10.0. The number of pyridine rings is 2. The highest BCUT2D eigenvalue weighted by molar-refractivity contribution is 6.36. The van der Waals surface area contributed by atoms with E-state index in [1.165, 1.54) is 23.2 Å². The molecule has 0 aliphatic carbocycles. The average Bonchev–Trinajstić information content (AvgIpc) is 2.92. The van der Waals surface area contributed by atoms with Gasteiger partial charge in [0.05, 0.1) is 47.0 Å². The van der Waals surface area contributed by atoms with Crippen LogP contribution in [0.3, 0.4) is 0 Å². The van der Waals surface area contributed by atoms with Crippen LogP contribution >= 0.6 is 11.6 Å². The van der Waals surface area contributed by atoms with Crippen molar-refractivity contribution in [2.24, 2.45) is 0 Å². The van der Waals surface area contributed by atoms with Crippen LogP contribution in [-0.2, 0) is 4.74 Å². The van der Waals surface area contributed by atoms with Crippen LogP contribution in [0.2, 0.25) is 5.02 Å². The highest BCUT2D eigenvalue weighted by atomic mass is 35.5. The molecule has 4 heterocycles. The molecule has 3 aromatic heterocycles. The Morgan fingerprint density at radius 2 is 1.87 bits per heavy atom. The summed E-state index contributed by atoms with van der Waals surface area (Å²) in [5, 5.41) is 7.40. The van der Waals surface area contributed by atoms with Gasteiger partial charge in [0.25, 0.3) is 11.5 Å². The molecule has 2 aromatic carbocycles. The molecule has 196 valence electrons. The number of halogens is 1. The first kappa shape index (κ1) is 24.8. The van der Waals surface area contributed by atoms with E-state index < -0.39 is 11.6 Å². The smallest absolute Gasteiger partial charge is 0.264 e. The van der Waals surface area contributed by atoms with Crippen LogP contribution in [-0.4, -0.2) is 44.7 Å². The van der Waals surface area contributed by atoms with Gasteiger partial charge in [-0.25, -0.2) is 9.97 Å². The van der Waals surface area contributed by atoms with Crippen molar-refractivity contribution in [1.29, 1.82) is 0 Å². The quantitative estimate of drug-likeness (QED) is 0.299. The number of amides is 1. The molecule has 0 bridgehead atoms. The first-order valence-corrected chi connectivity index (χ1v) is 12.7. The van der Waals surface area contributed by atoms with Crippen LogP contribution in [0.4, 0.5) is 5.82 Å². The molecule has 39 heavy (non-hydrogen) atoms. The van der Waals surface area contributed by atoms with E-state index in [4.69, 9.17) is 16.3 Å². The first-order valence-electron chi connectivity index (χ1n) is 12.3. The number of hydrogen-bond donors (Lipinski definition) is 3. The third kappa shape index (κ3) is 4.33. The second-order valence-corrected chi connectivity index (χ2v) is 9.64. The molecule has 6 rings (SSSR count). The van der Waals surface area contributed by atoms with Crippen molar-refractivity contribution in [3.8, 4) is 5.69 Å². The van der Waals surface area contributed by atoms with E-state index in [0.29, 0.717) is 46.5 Å². The largest absolute Gasteiger partial charge is 0.377 e. The lowest BCUT2D eigenvalue weighted by Crippen LogP contribution is -2.48. The number of benzene rings is 2. The maximum Gasteiger partial charge on any atom is 0.264 e. The van der Waals surface area contributed by atoms with Crippen LogP contribution in [0.25, 0.3) is 27.5 Å². The van der Waals surface area contributed by atoms with Gasteiger partial charge in [-0.15, -0.1) is 0 Å². The number of nitrogens with one attached hydrogen (secondary N) is 3. The molecular formula is C28H23ClN6O4. The molecule has 1 amide bonds. The van der Waals surface area contributed by atoms with Gasteiger partial charge in [-0.3, -0.25) is 19.0 Å². The van der Waals surface area contributed by atoms with E-state index in [0.717, 1.165) is 0 Å². The molecule has 1 aliphatic rings. The third-order valence-electron chi connectivity index (χ3n) is 6.73. The number of H-pyrrole nitrogens is 1. The van der Waals surface area contributed by atoms with E-state index in [1.807, 2.05) is 25.1 Å². The van der Waals surface area contributed by atoms with Gasteiger partial charge in [-0.05, 0) is 25.1 Å². The Morgan fingerprint density at radius 1 is 1.08 bits per heavy atom. The normalized spacial score (nSPS) is 14.2. The first-order chi connectivity index (χ1) is 18.9. The van der Waals surface area contributed by atoms with Crippen LogP contribution in [0, 0.1) is 0 Å². The number of anilines is 1. The molecule has 0 radical (unpaired) electrons. The van der Waals surface area contributed by atoms with Gasteiger partial charge in [0, 0.05) is 23.3 Å². The Kier molecular flexibility index (Phi) is 6.34. The minimum absolute atomic E-state index is 0.103. The number of carbonyl (C=O) groups is 1. The van der Waals surface area contributed by atoms with E-state index in [1.54, 1.807) is 30.3 Å². The number of hydrogen-bond acceptors (Lipinski definition) is 7. The maximum atomic E-state index is 14.2. The molecule has 1 fully saturated rings. The summed E-state index contributed by atoms with van der Waals surface area (Å²) in [4.78, 5) is 51.4. The van der Waals surface area contributed by atoms with E-state index in [2.05, 4.69) is 25.6 Å². The lowest BCUT2D eigenvalue weighted by molar-refractivity contribution is -0.00343. The van der Waals surface area contributed by atoms with E-state index in [-0.39, 0.29) is 33.7 Å². The summed E-state index contributed by atoms with van der Waals surface area (Å²) in [5.41, 5.74) is 0.982. The Morgan fingerprint density at radius 3 is 2.62 bits per heavy atom. The maximum absolute atomic E-state index is 14.2. The fraction of sp³-hybridized carbons (Fsp3) is 0.179. The van der Waals surface area contributed by atoms with Crippen molar-refractivity contribution >= 4 is 45.1 Å². The van der Waals surface area contributed by atoms with Gasteiger partial charge in [-0.1, -0.05) is 41.9 Å². The second-order valence-electron chi connectivity index (χ2n) is 9.27. The number of ether oxygens (including phenoxy) is 1. The third-order valence-corrected chi connectivity index (χ3v) is 7.13. The minimum atomic E-state index is -0.586. The van der Waals surface area contributed by atoms with Crippen molar-refractivity contribution in [3.63, 3.8) is 0 Å². The van der Waals surface area contributed by atoms with Crippen molar-refractivity contribution in [1.82, 2.24) is 24.8 Å². The predicted octanol–water partition coefficient (Wildman–Crippen LogP) is 3.58. The number of carbonyl (C=O) groups excluding carboxylic acids is 1. The monoisotopic (exact) mass is 542 g/mol. The topological polar surface area (TPSA) is 131 Å². The molecule has 1 atom stereocenters. The fourth-order valence-electron chi connectivity index (χ4n) is 4.80. The van der Waals surface area contributed by atoms with Crippen LogP contribution in [0.15, 0.2) is 76.7 Å². The Labute approximate surface area is 226 Å². The van der Waals surface area contributed by atoms with Crippen molar-refractivity contribution < 1.29 is 9.53 Å². The van der Waals surface area contributed by atoms with Gasteiger partial charge >= 0.3 is 0 Å². The van der Waals surface area contributed by atoms with Gasteiger partial charge in [0.15, 0.2) is 5.43 Å². The molecule has 11 heteroatoms. The molecule has 1 aliphatic heterocycles. The number of fused-ring (bicyclic) bond motifs is 2. The van der Waals surface area contributed by atoms with Crippen LogP contribution in [0.5, 0.6) is 0 Å². The zero-order valence-electron chi connectivity index (χ0n) is 20.8. The number of aromatic amines is 1. The molecule has 1 saturated heterocycles. The highest BCUT2D eigenvalue weighted by Gasteiger charge is 2.27. The Hall–Kier alpha value is -4.54. The number of para-hydroxylation sites is 1. The summed E-state index contributed by atoms with van der Waals surface area (Å²) in [6.07, 6.45) is 2.86. The molecule has 10 nitrogen and oxygen atoms in total. The van der Waals surface area contributed by atoms with Crippen molar-refractivity contribution in [2.75, 3.05) is 18.5 Å². The number of rotatable bonds is 6. The summed E-state index contributed by atoms with van der Waals surface area (Å²) >= 11 is 7.05. The van der Waals surface area contributed by atoms with Crippen molar-refractivity contribution in [2.45, 2.75) is 19.0 Å². The highest BCUT2D eigenvalue weighted by Crippen LogP contribution is 2.34. The van der Waals surface area contributed by atoms with Crippen molar-refractivity contribution in [3.05, 3.63) is 104 Å². The standard InChI is InChI=1S/C28H23ClN6O4/c1-15(33-26-22-20(36)10-11-30-25(22)31-14-32-26)24-23(29)18-8-5-9-19(27(37)34-16-12-39-13-16)21(18)28(38)35(24)17-6-3-2-4-7-17/h2-11,14-16H,12-13H2,1H3,(H,34,37)(H2,30,31,32,33,36). The van der Waals surface area contributed by atoms with Gasteiger partial charge < -0.3 is 20.4 Å². The van der Waals surface area contributed by atoms with Crippen LogP contribution in [0.1, 0.15) is 29.0 Å². The van der Waals surface area contributed by atoms with Gasteiger partial charge in [0.2, 0.25) is 0 Å². The summed E-state index contributed by atoms with van der Waals surface area (Å²) in [6.45, 7) is 2.68. The van der Waals surface area contributed by atoms with E-state index in [9.17, 15) is 14.4 Å². The van der Waals surface area contributed by atoms with Gasteiger partial charge in [-0.2, -0.15) is 0 Å². The molecule has 5 aromatic rings. The zero-order chi connectivity index (χ0) is 27.1. The molecular weight excluding hydrogens is 520 g/mol. The second kappa shape index (κ2) is 9.97. The van der Waals surface area contributed by atoms with Gasteiger partial charge in [0.1, 0.15) is 23.2 Å². The summed E-state index contributed by atoms with van der Waals surface area (Å²) in [7, 11) is 0. The SMILES string of the molecule is CC(Nc1ncnc2[nH]ccc(=O)c12)c1c(Cl)c2cccc(C(=O)NC3COC3)c2c(=O)n1-c1ccccc1. The Balaban J connectivity index is 1.55. The minimum Gasteiger partial charge on any atom is -0.377 e. The molecule has 0 spiro atoms. The number of nitrogens with zero attached hydrogens (tertiary/aromatic N) is 3. The lowest BCUT2D eigenvalue weighted by Gasteiger charge is -2.27. The zero-order valence-corrected chi connectivity index (χ0v) is 21.5. The molecule has 1 unspecified atom stereocenters. The summed E-state index contributed by atoms with van der Waals surface area (Å²) in [6, 6.07) is 14.8. The summed E-state index contributed by atoms with van der Waals surface area (Å²) < 4.78 is 6.66. The Bertz CT molecular complexity index is 1840. The molecule has 3 N–H and O–H groups in total. The summed E-state index contributed by atoms with van der Waals surface area (Å²) in [5.74, 6) is -0.0688.